The number of anilines is 1. The summed E-state index contributed by atoms with van der Waals surface area (Å²) in [6.07, 6.45) is -0.415. The minimum absolute atomic E-state index is 0.0829. The number of amides is 1. The SMILES string of the molecule is CC1Oc2ccc(C3NCC3(C)C)cc2NC1=O. The largest absolute Gasteiger partial charge is 0.479 e. The molecule has 1 fully saturated rings. The standard InChI is InChI=1S/C14H18N2O2/c1-8-13(17)16-10-6-9(4-5-11(10)18-8)12-14(2,3)7-15-12/h4-6,8,12,15H,7H2,1-3H3,(H,16,17). The molecule has 96 valence electrons. The molecule has 2 aliphatic heterocycles. The zero-order valence-corrected chi connectivity index (χ0v) is 10.9. The van der Waals surface area contributed by atoms with E-state index in [9.17, 15) is 4.79 Å². The third-order valence-corrected chi connectivity index (χ3v) is 3.81. The Balaban J connectivity index is 1.92. The minimum Gasteiger partial charge on any atom is -0.479 e. The summed E-state index contributed by atoms with van der Waals surface area (Å²) in [5, 5.41) is 6.31. The molecule has 18 heavy (non-hydrogen) atoms. The first-order chi connectivity index (χ1) is 8.47. The second-order valence-electron chi connectivity index (χ2n) is 5.81. The van der Waals surface area contributed by atoms with Crippen LogP contribution in [0.2, 0.25) is 0 Å². The fourth-order valence-electron chi connectivity index (χ4n) is 2.59. The van der Waals surface area contributed by atoms with Crippen LogP contribution in [-0.2, 0) is 4.79 Å². The van der Waals surface area contributed by atoms with Gasteiger partial charge in [-0.1, -0.05) is 19.9 Å². The van der Waals surface area contributed by atoms with Gasteiger partial charge in [-0.05, 0) is 30.0 Å². The zero-order valence-electron chi connectivity index (χ0n) is 10.9. The Kier molecular flexibility index (Phi) is 2.38. The van der Waals surface area contributed by atoms with Gasteiger partial charge in [0.25, 0.3) is 5.91 Å². The maximum atomic E-state index is 11.6. The van der Waals surface area contributed by atoms with Gasteiger partial charge in [-0.25, -0.2) is 0 Å². The molecule has 0 radical (unpaired) electrons. The van der Waals surface area contributed by atoms with Crippen molar-refractivity contribution in [2.45, 2.75) is 32.9 Å². The van der Waals surface area contributed by atoms with Crippen LogP contribution in [0.5, 0.6) is 5.75 Å². The number of benzene rings is 1. The summed E-state index contributed by atoms with van der Waals surface area (Å²) in [5.41, 5.74) is 2.24. The third kappa shape index (κ3) is 1.68. The Labute approximate surface area is 107 Å². The maximum absolute atomic E-state index is 11.6. The molecule has 0 aromatic heterocycles. The van der Waals surface area contributed by atoms with Gasteiger partial charge in [0, 0.05) is 12.6 Å². The fraction of sp³-hybridized carbons (Fsp3) is 0.500. The van der Waals surface area contributed by atoms with Gasteiger partial charge in [-0.2, -0.15) is 0 Å². The molecule has 1 amide bonds. The lowest BCUT2D eigenvalue weighted by Crippen LogP contribution is -2.52. The Morgan fingerprint density at radius 3 is 2.78 bits per heavy atom. The number of carbonyl (C=O) groups is 1. The molecule has 0 spiro atoms. The summed E-state index contributed by atoms with van der Waals surface area (Å²) in [6, 6.07) is 6.37. The lowest BCUT2D eigenvalue weighted by atomic mass is 9.74. The number of carbonyl (C=O) groups excluding carboxylic acids is 1. The number of ether oxygens (including phenoxy) is 1. The van der Waals surface area contributed by atoms with Crippen LogP contribution in [0.15, 0.2) is 18.2 Å². The van der Waals surface area contributed by atoms with Crippen molar-refractivity contribution in [1.82, 2.24) is 5.32 Å². The Bertz CT molecular complexity index is 511. The van der Waals surface area contributed by atoms with Gasteiger partial charge in [0.1, 0.15) is 5.75 Å². The average Bonchev–Trinajstić information content (AvgIpc) is 2.30. The van der Waals surface area contributed by atoms with E-state index in [1.165, 1.54) is 5.56 Å². The molecule has 0 bridgehead atoms. The van der Waals surface area contributed by atoms with E-state index in [0.717, 1.165) is 18.0 Å². The highest BCUT2D eigenvalue weighted by atomic mass is 16.5. The van der Waals surface area contributed by atoms with E-state index in [4.69, 9.17) is 4.74 Å². The molecular weight excluding hydrogens is 228 g/mol. The van der Waals surface area contributed by atoms with Crippen molar-refractivity contribution in [3.05, 3.63) is 23.8 Å². The van der Waals surface area contributed by atoms with Crippen molar-refractivity contribution in [1.29, 1.82) is 0 Å². The molecule has 1 saturated heterocycles. The molecule has 2 unspecified atom stereocenters. The van der Waals surface area contributed by atoms with E-state index in [2.05, 4.69) is 30.5 Å². The fourth-order valence-corrected chi connectivity index (χ4v) is 2.59. The van der Waals surface area contributed by atoms with Crippen molar-refractivity contribution < 1.29 is 9.53 Å². The van der Waals surface area contributed by atoms with Gasteiger partial charge >= 0.3 is 0 Å². The molecule has 0 saturated carbocycles. The summed E-state index contributed by atoms with van der Waals surface area (Å²) < 4.78 is 5.55. The molecule has 2 aliphatic rings. The zero-order chi connectivity index (χ0) is 12.9. The van der Waals surface area contributed by atoms with E-state index < -0.39 is 6.10 Å². The first kappa shape index (κ1) is 11.5. The van der Waals surface area contributed by atoms with Crippen LogP contribution in [0.25, 0.3) is 0 Å². The number of nitrogens with one attached hydrogen (secondary N) is 2. The third-order valence-electron chi connectivity index (χ3n) is 3.81. The lowest BCUT2D eigenvalue weighted by molar-refractivity contribution is -0.122. The van der Waals surface area contributed by atoms with Crippen LogP contribution >= 0.6 is 0 Å². The van der Waals surface area contributed by atoms with Crippen molar-refractivity contribution in [2.24, 2.45) is 5.41 Å². The number of hydrogen-bond donors (Lipinski definition) is 2. The Morgan fingerprint density at radius 2 is 2.17 bits per heavy atom. The van der Waals surface area contributed by atoms with E-state index in [0.29, 0.717) is 6.04 Å². The summed E-state index contributed by atoms with van der Waals surface area (Å²) in [4.78, 5) is 11.6. The maximum Gasteiger partial charge on any atom is 0.265 e. The summed E-state index contributed by atoms with van der Waals surface area (Å²) in [5.74, 6) is 0.670. The highest BCUT2D eigenvalue weighted by molar-refractivity contribution is 5.97. The summed E-state index contributed by atoms with van der Waals surface area (Å²) >= 11 is 0. The predicted octanol–water partition coefficient (Wildman–Crippen LogP) is 2.08. The molecule has 2 N–H and O–H groups in total. The smallest absolute Gasteiger partial charge is 0.265 e. The van der Waals surface area contributed by atoms with Gasteiger partial charge < -0.3 is 15.4 Å². The summed E-state index contributed by atoms with van der Waals surface area (Å²) in [7, 11) is 0. The highest BCUT2D eigenvalue weighted by Gasteiger charge is 2.39. The quantitative estimate of drug-likeness (QED) is 0.797. The van der Waals surface area contributed by atoms with Crippen LogP contribution in [0.4, 0.5) is 5.69 Å². The number of rotatable bonds is 1. The Morgan fingerprint density at radius 1 is 1.39 bits per heavy atom. The molecule has 1 aromatic rings. The van der Waals surface area contributed by atoms with Crippen LogP contribution < -0.4 is 15.4 Å². The van der Waals surface area contributed by atoms with Crippen LogP contribution in [-0.4, -0.2) is 18.6 Å². The van der Waals surface area contributed by atoms with Crippen molar-refractivity contribution >= 4 is 11.6 Å². The number of hydrogen-bond acceptors (Lipinski definition) is 3. The van der Waals surface area contributed by atoms with Crippen LogP contribution in [0, 0.1) is 5.41 Å². The highest BCUT2D eigenvalue weighted by Crippen LogP contribution is 2.42. The van der Waals surface area contributed by atoms with Gasteiger partial charge in [0.05, 0.1) is 5.69 Å². The second kappa shape index (κ2) is 3.72. The summed E-state index contributed by atoms with van der Waals surface area (Å²) in [6.45, 7) is 7.26. The number of fused-ring (bicyclic) bond motifs is 1. The molecule has 4 nitrogen and oxygen atoms in total. The average molecular weight is 246 g/mol. The minimum atomic E-state index is -0.415. The molecule has 1 aromatic carbocycles. The van der Waals surface area contributed by atoms with E-state index in [1.807, 2.05) is 12.1 Å². The molecule has 3 rings (SSSR count). The lowest BCUT2D eigenvalue weighted by Gasteiger charge is -2.46. The first-order valence-electron chi connectivity index (χ1n) is 6.32. The van der Waals surface area contributed by atoms with Crippen molar-refractivity contribution in [3.8, 4) is 5.75 Å². The molecule has 4 heteroatoms. The monoisotopic (exact) mass is 246 g/mol. The normalized spacial score (nSPS) is 28.7. The van der Waals surface area contributed by atoms with Gasteiger partial charge in [0.2, 0.25) is 0 Å². The van der Waals surface area contributed by atoms with Crippen molar-refractivity contribution in [3.63, 3.8) is 0 Å². The second-order valence-corrected chi connectivity index (χ2v) is 5.81. The van der Waals surface area contributed by atoms with E-state index >= 15 is 0 Å². The van der Waals surface area contributed by atoms with Gasteiger partial charge in [0.15, 0.2) is 6.10 Å². The van der Waals surface area contributed by atoms with Crippen LogP contribution in [0.1, 0.15) is 32.4 Å². The van der Waals surface area contributed by atoms with Crippen LogP contribution in [0.3, 0.4) is 0 Å². The molecule has 2 heterocycles. The van der Waals surface area contributed by atoms with Gasteiger partial charge in [-0.15, -0.1) is 0 Å². The molecule has 0 aliphatic carbocycles. The van der Waals surface area contributed by atoms with E-state index in [-0.39, 0.29) is 11.3 Å². The first-order valence-corrected chi connectivity index (χ1v) is 6.32. The van der Waals surface area contributed by atoms with Crippen molar-refractivity contribution in [2.75, 3.05) is 11.9 Å². The Hall–Kier alpha value is -1.55. The predicted molar refractivity (Wildman–Crippen MR) is 69.7 cm³/mol. The van der Waals surface area contributed by atoms with E-state index in [1.54, 1.807) is 6.92 Å². The topological polar surface area (TPSA) is 50.4 Å². The van der Waals surface area contributed by atoms with Gasteiger partial charge in [-0.3, -0.25) is 4.79 Å². The molecular formula is C14H18N2O2. The molecule has 2 atom stereocenters.